The van der Waals surface area contributed by atoms with Gasteiger partial charge in [-0.3, -0.25) is 0 Å². The lowest BCUT2D eigenvalue weighted by Gasteiger charge is -2.15. The predicted molar refractivity (Wildman–Crippen MR) is 53.0 cm³/mol. The smallest absolute Gasteiger partial charge is 0.349 e. The van der Waals surface area contributed by atoms with Gasteiger partial charge in [-0.15, -0.1) is 0 Å². The summed E-state index contributed by atoms with van der Waals surface area (Å²) in [7, 11) is -3.88. The topological polar surface area (TPSA) is 83.5 Å². The van der Waals surface area contributed by atoms with Crippen molar-refractivity contribution in [2.24, 2.45) is 0 Å². The monoisotopic (exact) mass is 225 g/mol. The maximum Gasteiger partial charge on any atom is 0.349 e. The van der Waals surface area contributed by atoms with Gasteiger partial charge in [0.05, 0.1) is 10.6 Å². The molecule has 2 N–H and O–H groups in total. The molecular weight excluding hydrogens is 218 g/mol. The summed E-state index contributed by atoms with van der Waals surface area (Å²) in [5.74, 6) is -1.46. The summed E-state index contributed by atoms with van der Waals surface area (Å²) in [6.07, 6.45) is 0.986. The summed E-state index contributed by atoms with van der Waals surface area (Å²) >= 11 is 0. The van der Waals surface area contributed by atoms with Crippen LogP contribution in [0.5, 0.6) is 0 Å². The maximum absolute atomic E-state index is 11.8. The van der Waals surface area contributed by atoms with Gasteiger partial charge in [0.1, 0.15) is 0 Å². The third-order valence-electron chi connectivity index (χ3n) is 2.04. The molecule has 0 spiro atoms. The van der Waals surface area contributed by atoms with Crippen molar-refractivity contribution in [3.05, 3.63) is 35.4 Å². The lowest BCUT2D eigenvalue weighted by Crippen LogP contribution is -2.19. The van der Waals surface area contributed by atoms with E-state index in [0.717, 1.165) is 6.20 Å². The van der Waals surface area contributed by atoms with Gasteiger partial charge >= 0.3 is 5.97 Å². The van der Waals surface area contributed by atoms with E-state index in [1.54, 1.807) is 18.2 Å². The normalized spacial score (nSPS) is 17.2. The van der Waals surface area contributed by atoms with Crippen LogP contribution in [0.15, 0.2) is 40.3 Å². The van der Waals surface area contributed by atoms with Gasteiger partial charge < -0.3 is 10.4 Å². The highest BCUT2D eigenvalue weighted by molar-refractivity contribution is 7.96. The fourth-order valence-electron chi connectivity index (χ4n) is 1.34. The summed E-state index contributed by atoms with van der Waals surface area (Å²) in [5.41, 5.74) is 0.391. The number of carbonyl (C=O) groups is 1. The molecule has 6 heteroatoms. The van der Waals surface area contributed by atoms with Crippen molar-refractivity contribution in [2.75, 3.05) is 5.32 Å². The predicted octanol–water partition coefficient (Wildman–Crippen LogP) is 0.812. The Hall–Kier alpha value is -1.82. The fourth-order valence-corrected chi connectivity index (χ4v) is 2.69. The molecule has 0 fully saturated rings. The molecular formula is C9H7NO4S. The van der Waals surface area contributed by atoms with Gasteiger partial charge in [0, 0.05) is 6.20 Å². The second-order valence-corrected chi connectivity index (χ2v) is 4.84. The summed E-state index contributed by atoms with van der Waals surface area (Å²) in [6, 6.07) is 6.15. The fraction of sp³-hybridized carbons (Fsp3) is 0. The van der Waals surface area contributed by atoms with Crippen LogP contribution in [-0.4, -0.2) is 19.5 Å². The average molecular weight is 225 g/mol. The Labute approximate surface area is 86.0 Å². The highest BCUT2D eigenvalue weighted by Gasteiger charge is 2.31. The number of fused-ring (bicyclic) bond motifs is 1. The molecule has 5 nitrogen and oxygen atoms in total. The van der Waals surface area contributed by atoms with Gasteiger partial charge in [-0.2, -0.15) is 0 Å². The van der Waals surface area contributed by atoms with Gasteiger partial charge in [0.25, 0.3) is 0 Å². The molecule has 0 radical (unpaired) electrons. The molecule has 2 rings (SSSR count). The number of carboxylic acids is 1. The highest BCUT2D eigenvalue weighted by atomic mass is 32.2. The molecule has 1 aromatic rings. The second kappa shape index (κ2) is 3.09. The lowest BCUT2D eigenvalue weighted by atomic mass is 10.3. The summed E-state index contributed by atoms with van der Waals surface area (Å²) < 4.78 is 23.5. The SMILES string of the molecule is O=C(O)C1=CNc2ccccc2S1(=O)=O. The van der Waals surface area contributed by atoms with E-state index >= 15 is 0 Å². The summed E-state index contributed by atoms with van der Waals surface area (Å²) in [4.78, 5) is 10.0. The number of sulfone groups is 1. The zero-order valence-electron chi connectivity index (χ0n) is 7.47. The Morgan fingerprint density at radius 3 is 2.60 bits per heavy atom. The molecule has 15 heavy (non-hydrogen) atoms. The Morgan fingerprint density at radius 1 is 1.27 bits per heavy atom. The molecule has 0 saturated heterocycles. The van der Waals surface area contributed by atoms with E-state index < -0.39 is 20.7 Å². The Bertz CT molecular complexity index is 559. The van der Waals surface area contributed by atoms with Crippen molar-refractivity contribution >= 4 is 21.5 Å². The molecule has 78 valence electrons. The average Bonchev–Trinajstić information content (AvgIpc) is 2.17. The molecule has 0 aliphatic carbocycles. The van der Waals surface area contributed by atoms with Crippen molar-refractivity contribution in [3.63, 3.8) is 0 Å². The van der Waals surface area contributed by atoms with Crippen LogP contribution in [0.2, 0.25) is 0 Å². The van der Waals surface area contributed by atoms with Crippen molar-refractivity contribution < 1.29 is 18.3 Å². The molecule has 0 bridgehead atoms. The first-order valence-corrected chi connectivity index (χ1v) is 5.56. The van der Waals surface area contributed by atoms with Gasteiger partial charge in [-0.1, -0.05) is 12.1 Å². The molecule has 1 aromatic carbocycles. The van der Waals surface area contributed by atoms with E-state index in [4.69, 9.17) is 5.11 Å². The molecule has 0 amide bonds. The standard InChI is InChI=1S/C9H7NO4S/c11-9(12)8-5-10-6-3-1-2-4-7(6)15(8,13)14/h1-5,10H,(H,11,12). The maximum atomic E-state index is 11.8. The number of benzene rings is 1. The first kappa shape index (κ1) is 9.72. The third kappa shape index (κ3) is 1.39. The molecule has 1 aliphatic rings. The number of para-hydroxylation sites is 1. The van der Waals surface area contributed by atoms with E-state index in [9.17, 15) is 13.2 Å². The Balaban J connectivity index is 2.68. The minimum absolute atomic E-state index is 0.00935. The Kier molecular flexibility index (Phi) is 2.01. The van der Waals surface area contributed by atoms with Crippen LogP contribution in [0.1, 0.15) is 0 Å². The van der Waals surface area contributed by atoms with Gasteiger partial charge in [0.15, 0.2) is 4.91 Å². The van der Waals surface area contributed by atoms with Crippen LogP contribution in [0.25, 0.3) is 0 Å². The number of carboxylic acid groups (broad SMARTS) is 1. The first-order valence-electron chi connectivity index (χ1n) is 4.07. The first-order chi connectivity index (χ1) is 7.03. The largest absolute Gasteiger partial charge is 0.477 e. The van der Waals surface area contributed by atoms with E-state index in [-0.39, 0.29) is 4.90 Å². The van der Waals surface area contributed by atoms with Gasteiger partial charge in [-0.05, 0) is 12.1 Å². The van der Waals surface area contributed by atoms with Gasteiger partial charge in [0.2, 0.25) is 9.84 Å². The number of hydrogen-bond acceptors (Lipinski definition) is 4. The minimum Gasteiger partial charge on any atom is -0.477 e. The van der Waals surface area contributed by atoms with E-state index in [1.807, 2.05) is 0 Å². The zero-order valence-corrected chi connectivity index (χ0v) is 8.28. The zero-order chi connectivity index (χ0) is 11.1. The molecule has 0 aromatic heterocycles. The number of nitrogens with one attached hydrogen (secondary N) is 1. The van der Waals surface area contributed by atoms with Crippen LogP contribution < -0.4 is 5.32 Å². The molecule has 0 unspecified atom stereocenters. The second-order valence-electron chi connectivity index (χ2n) is 2.96. The van der Waals surface area contributed by atoms with Crippen molar-refractivity contribution in [2.45, 2.75) is 4.90 Å². The van der Waals surface area contributed by atoms with Crippen LogP contribution in [0.4, 0.5) is 5.69 Å². The number of rotatable bonds is 1. The third-order valence-corrected chi connectivity index (χ3v) is 3.84. The van der Waals surface area contributed by atoms with E-state index in [2.05, 4.69) is 5.32 Å². The number of hydrogen-bond donors (Lipinski definition) is 2. The van der Waals surface area contributed by atoms with Crippen LogP contribution >= 0.6 is 0 Å². The van der Waals surface area contributed by atoms with Crippen LogP contribution in [0.3, 0.4) is 0 Å². The van der Waals surface area contributed by atoms with Crippen molar-refractivity contribution in [3.8, 4) is 0 Å². The van der Waals surface area contributed by atoms with E-state index in [1.165, 1.54) is 6.07 Å². The molecule has 1 heterocycles. The van der Waals surface area contributed by atoms with Crippen molar-refractivity contribution in [1.29, 1.82) is 0 Å². The molecule has 1 aliphatic heterocycles. The van der Waals surface area contributed by atoms with Crippen LogP contribution in [-0.2, 0) is 14.6 Å². The highest BCUT2D eigenvalue weighted by Crippen LogP contribution is 2.30. The number of aliphatic carboxylic acids is 1. The lowest BCUT2D eigenvalue weighted by molar-refractivity contribution is -0.131. The minimum atomic E-state index is -3.88. The summed E-state index contributed by atoms with van der Waals surface area (Å²) in [6.45, 7) is 0. The van der Waals surface area contributed by atoms with E-state index in [0.29, 0.717) is 5.69 Å². The quantitative estimate of drug-likeness (QED) is 0.739. The summed E-state index contributed by atoms with van der Waals surface area (Å²) in [5, 5.41) is 11.3. The number of anilines is 1. The van der Waals surface area contributed by atoms with Gasteiger partial charge in [-0.25, -0.2) is 13.2 Å². The van der Waals surface area contributed by atoms with Crippen molar-refractivity contribution in [1.82, 2.24) is 0 Å². The molecule has 0 saturated carbocycles. The molecule has 0 atom stereocenters. The Morgan fingerprint density at radius 2 is 1.93 bits per heavy atom. The van der Waals surface area contributed by atoms with Crippen LogP contribution in [0, 0.1) is 0 Å².